The molecule has 0 unspecified atom stereocenters. The van der Waals surface area contributed by atoms with Gasteiger partial charge in [0.05, 0.1) is 33.6 Å². The second-order valence-electron chi connectivity index (χ2n) is 7.27. The summed E-state index contributed by atoms with van der Waals surface area (Å²) in [5, 5.41) is 35.9. The van der Waals surface area contributed by atoms with Crippen LogP contribution in [0.25, 0.3) is 38.7 Å². The van der Waals surface area contributed by atoms with Gasteiger partial charge in [-0.05, 0) is 32.4 Å². The molecule has 0 saturated carbocycles. The van der Waals surface area contributed by atoms with Gasteiger partial charge in [-0.25, -0.2) is 4.98 Å². The van der Waals surface area contributed by atoms with Gasteiger partial charge in [-0.2, -0.15) is 10.1 Å². The molecule has 4 N–H and O–H groups in total. The standard InChI is InChI=1S/C20H19N7O2/c1-8-5-6-12(28)9(2)16(8)27-17(21)14-13-15(23-10(3)24-19(13)27)11-7-22-26(4)18(11)25-20(14)29/h5-7,21,28-29H,1-4H3,(H,23,24). The zero-order valence-corrected chi connectivity index (χ0v) is 16.4. The second kappa shape index (κ2) is 5.57. The van der Waals surface area contributed by atoms with Crippen molar-refractivity contribution in [2.24, 2.45) is 7.05 Å². The molecule has 1 aromatic carbocycles. The number of hydrogen-bond acceptors (Lipinski definition) is 6. The summed E-state index contributed by atoms with van der Waals surface area (Å²) < 4.78 is 3.24. The molecule has 0 amide bonds. The molecule has 0 bridgehead atoms. The smallest absolute Gasteiger partial charge is 0.224 e. The highest BCUT2D eigenvalue weighted by molar-refractivity contribution is 6.16. The van der Waals surface area contributed by atoms with Crippen LogP contribution in [0.15, 0.2) is 18.3 Å². The molecular weight excluding hydrogens is 370 g/mol. The molecule has 9 nitrogen and oxygen atoms in total. The number of aromatic hydroxyl groups is 2. The maximum absolute atomic E-state index is 10.8. The lowest BCUT2D eigenvalue weighted by Crippen LogP contribution is -2.16. The number of nitrogens with zero attached hydrogens (tertiary/aromatic N) is 5. The van der Waals surface area contributed by atoms with E-state index in [0.29, 0.717) is 39.3 Å². The number of aryl methyl sites for hydroxylation is 3. The quantitative estimate of drug-likeness (QED) is 0.350. The normalized spacial score (nSPS) is 11.9. The van der Waals surface area contributed by atoms with Crippen LogP contribution in [-0.4, -0.2) is 39.5 Å². The minimum Gasteiger partial charge on any atom is -0.508 e. The van der Waals surface area contributed by atoms with E-state index in [1.54, 1.807) is 41.5 Å². The number of fused-ring (bicyclic) bond motifs is 2. The van der Waals surface area contributed by atoms with Gasteiger partial charge in [-0.1, -0.05) is 6.07 Å². The van der Waals surface area contributed by atoms with Crippen molar-refractivity contribution in [1.82, 2.24) is 29.3 Å². The molecule has 4 aromatic heterocycles. The third-order valence-electron chi connectivity index (χ3n) is 5.42. The van der Waals surface area contributed by atoms with Crippen LogP contribution in [0.5, 0.6) is 11.6 Å². The summed E-state index contributed by atoms with van der Waals surface area (Å²) in [5.41, 5.74) is 3.92. The molecule has 0 aliphatic heterocycles. The van der Waals surface area contributed by atoms with Crippen LogP contribution in [0.3, 0.4) is 0 Å². The Balaban J connectivity index is 2.13. The van der Waals surface area contributed by atoms with Crippen molar-refractivity contribution in [3.8, 4) is 17.3 Å². The summed E-state index contributed by atoms with van der Waals surface area (Å²) in [6.07, 6.45) is 1.68. The molecule has 5 rings (SSSR count). The van der Waals surface area contributed by atoms with Crippen molar-refractivity contribution in [2.75, 3.05) is 0 Å². The first-order valence-electron chi connectivity index (χ1n) is 9.09. The van der Waals surface area contributed by atoms with Crippen molar-refractivity contribution in [3.05, 3.63) is 40.8 Å². The van der Waals surface area contributed by atoms with Gasteiger partial charge in [0.2, 0.25) is 5.88 Å². The van der Waals surface area contributed by atoms with Gasteiger partial charge >= 0.3 is 0 Å². The molecular formula is C20H19N7O2. The first-order chi connectivity index (χ1) is 13.8. The van der Waals surface area contributed by atoms with Crippen LogP contribution >= 0.6 is 0 Å². The molecule has 5 aromatic rings. The third kappa shape index (κ3) is 2.15. The number of aromatic amines is 1. The van der Waals surface area contributed by atoms with Crippen LogP contribution in [0.4, 0.5) is 0 Å². The molecule has 9 heteroatoms. The monoisotopic (exact) mass is 389 g/mol. The summed E-state index contributed by atoms with van der Waals surface area (Å²) in [7, 11) is 1.75. The summed E-state index contributed by atoms with van der Waals surface area (Å²) >= 11 is 0. The van der Waals surface area contributed by atoms with E-state index in [1.807, 2.05) is 13.8 Å². The van der Waals surface area contributed by atoms with Gasteiger partial charge in [-0.15, -0.1) is 0 Å². The lowest BCUT2D eigenvalue weighted by molar-refractivity contribution is 0.461. The molecule has 0 saturated heterocycles. The predicted molar refractivity (Wildman–Crippen MR) is 108 cm³/mol. The summed E-state index contributed by atoms with van der Waals surface area (Å²) in [6.45, 7) is 5.54. The van der Waals surface area contributed by atoms with Crippen molar-refractivity contribution >= 4 is 33.0 Å². The van der Waals surface area contributed by atoms with Crippen molar-refractivity contribution in [3.63, 3.8) is 0 Å². The molecule has 146 valence electrons. The molecule has 0 radical (unpaired) electrons. The van der Waals surface area contributed by atoms with Crippen molar-refractivity contribution in [1.29, 1.82) is 5.41 Å². The Morgan fingerprint density at radius 3 is 2.55 bits per heavy atom. The Hall–Kier alpha value is -3.88. The minimum absolute atomic E-state index is 0.0477. The van der Waals surface area contributed by atoms with E-state index in [-0.39, 0.29) is 22.5 Å². The SMILES string of the molecule is Cc1nc2c3c(c(O)nc4c(cnn4C)c3[nH]1)c(=N)n2-c1c(C)ccc(O)c1C. The number of nitrogens with one attached hydrogen (secondary N) is 2. The minimum atomic E-state index is -0.267. The van der Waals surface area contributed by atoms with E-state index in [0.717, 1.165) is 10.9 Å². The number of benzene rings is 1. The first-order valence-corrected chi connectivity index (χ1v) is 9.09. The fourth-order valence-electron chi connectivity index (χ4n) is 4.04. The number of aromatic nitrogens is 6. The van der Waals surface area contributed by atoms with Crippen LogP contribution in [-0.2, 0) is 7.05 Å². The van der Waals surface area contributed by atoms with Crippen LogP contribution in [0, 0.1) is 26.2 Å². The van der Waals surface area contributed by atoms with Crippen molar-refractivity contribution < 1.29 is 10.2 Å². The summed E-state index contributed by atoms with van der Waals surface area (Å²) in [6, 6.07) is 3.43. The summed E-state index contributed by atoms with van der Waals surface area (Å²) in [5.74, 6) is 0.508. The van der Waals surface area contributed by atoms with Gasteiger partial charge in [0.1, 0.15) is 17.1 Å². The third-order valence-corrected chi connectivity index (χ3v) is 5.42. The van der Waals surface area contributed by atoms with E-state index in [2.05, 4.69) is 20.1 Å². The fraction of sp³-hybridized carbons (Fsp3) is 0.200. The van der Waals surface area contributed by atoms with Crippen molar-refractivity contribution in [2.45, 2.75) is 20.8 Å². The Labute approximate surface area is 164 Å². The number of phenols is 1. The Morgan fingerprint density at radius 2 is 1.79 bits per heavy atom. The predicted octanol–water partition coefficient (Wildman–Crippen LogP) is 2.60. The molecule has 0 fully saturated rings. The van der Waals surface area contributed by atoms with Crippen LogP contribution in [0.2, 0.25) is 0 Å². The number of phenolic OH excluding ortho intramolecular Hbond substituents is 1. The molecule has 0 spiro atoms. The summed E-state index contributed by atoms with van der Waals surface area (Å²) in [4.78, 5) is 12.3. The first kappa shape index (κ1) is 17.2. The fourth-order valence-corrected chi connectivity index (χ4v) is 4.04. The lowest BCUT2D eigenvalue weighted by atomic mass is 10.1. The topological polar surface area (TPSA) is 129 Å². The van der Waals surface area contributed by atoms with E-state index < -0.39 is 0 Å². The van der Waals surface area contributed by atoms with E-state index >= 15 is 0 Å². The van der Waals surface area contributed by atoms with E-state index in [1.165, 1.54) is 0 Å². The lowest BCUT2D eigenvalue weighted by Gasteiger charge is -2.13. The number of hydrogen-bond donors (Lipinski definition) is 4. The molecule has 0 aliphatic rings. The maximum Gasteiger partial charge on any atom is 0.224 e. The van der Waals surface area contributed by atoms with E-state index in [9.17, 15) is 10.2 Å². The highest BCUT2D eigenvalue weighted by Gasteiger charge is 2.23. The molecule has 0 atom stereocenters. The second-order valence-corrected chi connectivity index (χ2v) is 7.27. The largest absolute Gasteiger partial charge is 0.508 e. The zero-order valence-electron chi connectivity index (χ0n) is 16.4. The number of H-pyrrole nitrogens is 1. The molecule has 4 heterocycles. The Morgan fingerprint density at radius 1 is 1.03 bits per heavy atom. The Kier molecular flexibility index (Phi) is 3.31. The average Bonchev–Trinajstić information content (AvgIpc) is 3.12. The molecule has 29 heavy (non-hydrogen) atoms. The number of rotatable bonds is 1. The Bertz CT molecular complexity index is 1540. The van der Waals surface area contributed by atoms with Gasteiger partial charge in [0.25, 0.3) is 0 Å². The van der Waals surface area contributed by atoms with Crippen LogP contribution in [0.1, 0.15) is 17.0 Å². The van der Waals surface area contributed by atoms with Gasteiger partial charge in [0, 0.05) is 12.6 Å². The molecule has 0 aliphatic carbocycles. The highest BCUT2D eigenvalue weighted by atomic mass is 16.3. The van der Waals surface area contributed by atoms with E-state index in [4.69, 9.17) is 5.41 Å². The average molecular weight is 389 g/mol. The van der Waals surface area contributed by atoms with Gasteiger partial charge in [0.15, 0.2) is 11.3 Å². The highest BCUT2D eigenvalue weighted by Crippen LogP contribution is 2.35. The van der Waals surface area contributed by atoms with Crippen LogP contribution < -0.4 is 5.49 Å². The van der Waals surface area contributed by atoms with Gasteiger partial charge in [-0.3, -0.25) is 14.7 Å². The zero-order chi connectivity index (χ0) is 20.6. The maximum atomic E-state index is 10.8. The van der Waals surface area contributed by atoms with Gasteiger partial charge < -0.3 is 15.2 Å².